The predicted molar refractivity (Wildman–Crippen MR) is 58.5 cm³/mol. The molecule has 0 saturated carbocycles. The van der Waals surface area contributed by atoms with Crippen molar-refractivity contribution in [1.29, 1.82) is 0 Å². The lowest BCUT2D eigenvalue weighted by Gasteiger charge is -2.26. The van der Waals surface area contributed by atoms with Gasteiger partial charge in [-0.2, -0.15) is 0 Å². The Labute approximate surface area is 90.3 Å². The van der Waals surface area contributed by atoms with Gasteiger partial charge in [0.15, 0.2) is 0 Å². The third-order valence-corrected chi connectivity index (χ3v) is 3.13. The van der Waals surface area contributed by atoms with Crippen LogP contribution in [0, 0.1) is 0 Å². The molecule has 0 radical (unpaired) electrons. The van der Waals surface area contributed by atoms with E-state index in [1.807, 2.05) is 10.8 Å². The summed E-state index contributed by atoms with van der Waals surface area (Å²) in [5.41, 5.74) is -0.733. The average Bonchev–Trinajstić information content (AvgIpc) is 2.62. The maximum atomic E-state index is 10.6. The molecule has 0 aliphatic carbocycles. The van der Waals surface area contributed by atoms with E-state index in [4.69, 9.17) is 0 Å². The van der Waals surface area contributed by atoms with E-state index in [1.165, 1.54) is 0 Å². The zero-order valence-corrected chi connectivity index (χ0v) is 9.24. The Balaban J connectivity index is 2.26. The van der Waals surface area contributed by atoms with Gasteiger partial charge in [0.25, 0.3) is 0 Å². The summed E-state index contributed by atoms with van der Waals surface area (Å²) < 4.78 is 2.03. The summed E-state index contributed by atoms with van der Waals surface area (Å²) in [6.07, 6.45) is 6.27. The van der Waals surface area contributed by atoms with Gasteiger partial charge in [0.05, 0.1) is 0 Å². The van der Waals surface area contributed by atoms with Gasteiger partial charge in [-0.25, -0.2) is 4.98 Å². The molecular formula is C11H19N3O. The SMILES string of the molecule is CCn1ccnc1C1(O)CCCNCC1. The van der Waals surface area contributed by atoms with E-state index in [2.05, 4.69) is 17.2 Å². The van der Waals surface area contributed by atoms with Gasteiger partial charge in [0, 0.05) is 18.9 Å². The fraction of sp³-hybridized carbons (Fsp3) is 0.727. The van der Waals surface area contributed by atoms with Crippen LogP contribution in [0.2, 0.25) is 0 Å². The van der Waals surface area contributed by atoms with Crippen LogP contribution in [0.25, 0.3) is 0 Å². The van der Waals surface area contributed by atoms with Crippen molar-refractivity contribution in [2.24, 2.45) is 0 Å². The Morgan fingerprint density at radius 1 is 1.53 bits per heavy atom. The van der Waals surface area contributed by atoms with Crippen molar-refractivity contribution in [1.82, 2.24) is 14.9 Å². The minimum Gasteiger partial charge on any atom is -0.382 e. The van der Waals surface area contributed by atoms with Gasteiger partial charge in [0.1, 0.15) is 11.4 Å². The van der Waals surface area contributed by atoms with Crippen LogP contribution in [0.5, 0.6) is 0 Å². The molecule has 0 amide bonds. The van der Waals surface area contributed by atoms with Crippen LogP contribution in [0.1, 0.15) is 32.0 Å². The third-order valence-electron chi connectivity index (χ3n) is 3.13. The van der Waals surface area contributed by atoms with Crippen molar-refractivity contribution in [2.45, 2.75) is 38.3 Å². The van der Waals surface area contributed by atoms with Crippen LogP contribution in [0.3, 0.4) is 0 Å². The Bertz CT molecular complexity index is 313. The zero-order chi connectivity index (χ0) is 10.7. The fourth-order valence-corrected chi connectivity index (χ4v) is 2.25. The van der Waals surface area contributed by atoms with Gasteiger partial charge < -0.3 is 15.0 Å². The van der Waals surface area contributed by atoms with Crippen molar-refractivity contribution in [3.63, 3.8) is 0 Å². The molecule has 0 bridgehead atoms. The number of aliphatic hydroxyl groups is 1. The van der Waals surface area contributed by atoms with Gasteiger partial charge in [-0.15, -0.1) is 0 Å². The summed E-state index contributed by atoms with van der Waals surface area (Å²) in [4.78, 5) is 4.31. The standard InChI is InChI=1S/C11H19N3O/c1-2-14-9-8-13-10(14)11(15)4-3-6-12-7-5-11/h8-9,12,15H,2-7H2,1H3. The molecule has 1 atom stereocenters. The van der Waals surface area contributed by atoms with Crippen molar-refractivity contribution < 1.29 is 5.11 Å². The number of hydrogen-bond donors (Lipinski definition) is 2. The van der Waals surface area contributed by atoms with Crippen LogP contribution in [-0.4, -0.2) is 27.7 Å². The smallest absolute Gasteiger partial charge is 0.140 e. The number of hydrogen-bond acceptors (Lipinski definition) is 3. The van der Waals surface area contributed by atoms with E-state index in [0.717, 1.165) is 44.7 Å². The highest BCUT2D eigenvalue weighted by molar-refractivity contribution is 5.06. The van der Waals surface area contributed by atoms with E-state index in [1.54, 1.807) is 6.20 Å². The lowest BCUT2D eigenvalue weighted by Crippen LogP contribution is -2.30. The van der Waals surface area contributed by atoms with Crippen LogP contribution in [0.4, 0.5) is 0 Å². The molecule has 1 fully saturated rings. The van der Waals surface area contributed by atoms with Crippen molar-refractivity contribution in [3.05, 3.63) is 18.2 Å². The molecule has 0 aromatic carbocycles. The second-order valence-electron chi connectivity index (χ2n) is 4.17. The summed E-state index contributed by atoms with van der Waals surface area (Å²) in [5.74, 6) is 0.828. The van der Waals surface area contributed by atoms with Crippen molar-refractivity contribution in [2.75, 3.05) is 13.1 Å². The Morgan fingerprint density at radius 3 is 3.20 bits per heavy atom. The summed E-state index contributed by atoms with van der Waals surface area (Å²) in [5, 5.41) is 13.9. The number of rotatable bonds is 2. The van der Waals surface area contributed by atoms with Crippen LogP contribution < -0.4 is 5.32 Å². The Hall–Kier alpha value is -0.870. The monoisotopic (exact) mass is 209 g/mol. The van der Waals surface area contributed by atoms with E-state index in [-0.39, 0.29) is 0 Å². The average molecular weight is 209 g/mol. The first kappa shape index (κ1) is 10.6. The number of imidazole rings is 1. The van der Waals surface area contributed by atoms with Crippen LogP contribution in [-0.2, 0) is 12.1 Å². The molecule has 1 unspecified atom stereocenters. The number of aryl methyl sites for hydroxylation is 1. The molecule has 4 nitrogen and oxygen atoms in total. The normalized spacial score (nSPS) is 27.6. The molecule has 2 rings (SSSR count). The van der Waals surface area contributed by atoms with Crippen LogP contribution >= 0.6 is 0 Å². The van der Waals surface area contributed by atoms with E-state index >= 15 is 0 Å². The fourth-order valence-electron chi connectivity index (χ4n) is 2.25. The Kier molecular flexibility index (Phi) is 3.07. The summed E-state index contributed by atoms with van der Waals surface area (Å²) >= 11 is 0. The van der Waals surface area contributed by atoms with Gasteiger partial charge in [-0.1, -0.05) is 0 Å². The largest absolute Gasteiger partial charge is 0.382 e. The predicted octanol–water partition coefficient (Wildman–Crippen LogP) is 0.864. The molecule has 1 saturated heterocycles. The van der Waals surface area contributed by atoms with Crippen LogP contribution in [0.15, 0.2) is 12.4 Å². The molecule has 1 aliphatic rings. The zero-order valence-electron chi connectivity index (χ0n) is 9.24. The number of aromatic nitrogens is 2. The molecule has 15 heavy (non-hydrogen) atoms. The summed E-state index contributed by atoms with van der Waals surface area (Å²) in [6, 6.07) is 0. The molecule has 2 heterocycles. The highest BCUT2D eigenvalue weighted by atomic mass is 16.3. The number of nitrogens with zero attached hydrogens (tertiary/aromatic N) is 2. The lowest BCUT2D eigenvalue weighted by molar-refractivity contribution is 0.0118. The highest BCUT2D eigenvalue weighted by Gasteiger charge is 2.33. The maximum Gasteiger partial charge on any atom is 0.140 e. The highest BCUT2D eigenvalue weighted by Crippen LogP contribution is 2.29. The van der Waals surface area contributed by atoms with E-state index in [0.29, 0.717) is 0 Å². The molecule has 84 valence electrons. The molecule has 1 aliphatic heterocycles. The number of nitrogens with one attached hydrogen (secondary N) is 1. The van der Waals surface area contributed by atoms with Gasteiger partial charge in [-0.05, 0) is 39.3 Å². The Morgan fingerprint density at radius 2 is 2.40 bits per heavy atom. The van der Waals surface area contributed by atoms with Gasteiger partial charge in [-0.3, -0.25) is 0 Å². The quantitative estimate of drug-likeness (QED) is 0.759. The molecule has 0 spiro atoms. The molecule has 4 heteroatoms. The van der Waals surface area contributed by atoms with E-state index in [9.17, 15) is 5.11 Å². The molecule has 1 aromatic heterocycles. The lowest BCUT2D eigenvalue weighted by atomic mass is 9.94. The second kappa shape index (κ2) is 4.33. The van der Waals surface area contributed by atoms with E-state index < -0.39 is 5.60 Å². The molecular weight excluding hydrogens is 190 g/mol. The second-order valence-corrected chi connectivity index (χ2v) is 4.17. The minimum atomic E-state index is -0.733. The summed E-state index contributed by atoms with van der Waals surface area (Å²) in [6.45, 7) is 4.80. The van der Waals surface area contributed by atoms with Gasteiger partial charge in [0.2, 0.25) is 0 Å². The summed E-state index contributed by atoms with van der Waals surface area (Å²) in [7, 11) is 0. The molecule has 1 aromatic rings. The van der Waals surface area contributed by atoms with Gasteiger partial charge >= 0.3 is 0 Å². The first-order chi connectivity index (χ1) is 7.26. The topological polar surface area (TPSA) is 50.1 Å². The first-order valence-electron chi connectivity index (χ1n) is 5.71. The maximum absolute atomic E-state index is 10.6. The minimum absolute atomic E-state index is 0.733. The molecule has 2 N–H and O–H groups in total. The van der Waals surface area contributed by atoms with Crippen molar-refractivity contribution in [3.8, 4) is 0 Å². The van der Waals surface area contributed by atoms with Crippen molar-refractivity contribution >= 4 is 0 Å². The third kappa shape index (κ3) is 2.06. The first-order valence-corrected chi connectivity index (χ1v) is 5.71.